The second kappa shape index (κ2) is 7.38. The highest BCUT2D eigenvalue weighted by Gasteiger charge is 2.20. The molecule has 0 amide bonds. The normalized spacial score (nSPS) is 28.9. The van der Waals surface area contributed by atoms with E-state index in [-0.39, 0.29) is 0 Å². The maximum atomic E-state index is 3.52. The largest absolute Gasteiger partial charge is 0.317 e. The van der Waals surface area contributed by atoms with Gasteiger partial charge < -0.3 is 10.2 Å². The van der Waals surface area contributed by atoms with Gasteiger partial charge in [-0.2, -0.15) is 0 Å². The Bertz CT molecular complexity index is 189. The van der Waals surface area contributed by atoms with E-state index in [4.69, 9.17) is 0 Å². The lowest BCUT2D eigenvalue weighted by molar-refractivity contribution is 0.184. The Labute approximate surface area is 107 Å². The van der Waals surface area contributed by atoms with E-state index in [0.29, 0.717) is 0 Å². The maximum absolute atomic E-state index is 3.52. The minimum absolute atomic E-state index is 0.841. The highest BCUT2D eigenvalue weighted by Crippen LogP contribution is 2.24. The predicted molar refractivity (Wildman–Crippen MR) is 74.3 cm³/mol. The van der Waals surface area contributed by atoms with Crippen LogP contribution in [0.3, 0.4) is 0 Å². The first-order chi connectivity index (χ1) is 8.36. The lowest BCUT2D eigenvalue weighted by atomic mass is 9.98. The van der Waals surface area contributed by atoms with Crippen molar-refractivity contribution < 1.29 is 0 Å². The van der Waals surface area contributed by atoms with Crippen LogP contribution in [-0.2, 0) is 0 Å². The van der Waals surface area contributed by atoms with Gasteiger partial charge in [-0.3, -0.25) is 0 Å². The Hall–Kier alpha value is -0.0800. The van der Waals surface area contributed by atoms with Gasteiger partial charge in [-0.1, -0.05) is 25.7 Å². The molecule has 1 heterocycles. The van der Waals surface area contributed by atoms with Crippen molar-refractivity contribution in [2.24, 2.45) is 5.92 Å². The van der Waals surface area contributed by atoms with Gasteiger partial charge >= 0.3 is 0 Å². The van der Waals surface area contributed by atoms with Gasteiger partial charge in [-0.15, -0.1) is 0 Å². The first-order valence-corrected chi connectivity index (χ1v) is 7.77. The van der Waals surface area contributed by atoms with E-state index in [1.54, 1.807) is 0 Å². The number of hydrogen-bond donors (Lipinski definition) is 1. The molecule has 1 atom stereocenters. The summed E-state index contributed by atoms with van der Waals surface area (Å²) >= 11 is 0. The average molecular weight is 238 g/mol. The quantitative estimate of drug-likeness (QED) is 0.760. The molecule has 0 spiro atoms. The third-order valence-corrected chi connectivity index (χ3v) is 4.69. The summed E-state index contributed by atoms with van der Waals surface area (Å²) in [5.74, 6) is 0.985. The van der Waals surface area contributed by atoms with E-state index in [1.165, 1.54) is 77.4 Å². The van der Waals surface area contributed by atoms with Crippen molar-refractivity contribution in [3.8, 4) is 0 Å². The zero-order chi connectivity index (χ0) is 11.9. The first-order valence-electron chi connectivity index (χ1n) is 7.77. The monoisotopic (exact) mass is 238 g/mol. The van der Waals surface area contributed by atoms with Crippen LogP contribution in [0.25, 0.3) is 0 Å². The Morgan fingerprint density at radius 1 is 0.882 bits per heavy atom. The minimum atomic E-state index is 0.841. The molecule has 2 fully saturated rings. The molecular weight excluding hydrogens is 208 g/mol. The van der Waals surface area contributed by atoms with E-state index >= 15 is 0 Å². The van der Waals surface area contributed by atoms with Crippen LogP contribution in [-0.4, -0.2) is 37.6 Å². The lowest BCUT2D eigenvalue weighted by Crippen LogP contribution is -2.36. The minimum Gasteiger partial charge on any atom is -0.317 e. The van der Waals surface area contributed by atoms with Gasteiger partial charge in [-0.05, 0) is 58.2 Å². The van der Waals surface area contributed by atoms with Crippen molar-refractivity contribution in [3.63, 3.8) is 0 Å². The first kappa shape index (κ1) is 13.4. The fourth-order valence-electron chi connectivity index (χ4n) is 3.54. The molecule has 0 aromatic rings. The second-order valence-electron chi connectivity index (χ2n) is 6.13. The van der Waals surface area contributed by atoms with Crippen molar-refractivity contribution in [2.45, 2.75) is 63.8 Å². The molecule has 100 valence electrons. The Kier molecular flexibility index (Phi) is 5.79. The summed E-state index contributed by atoms with van der Waals surface area (Å²) in [5, 5.41) is 3.52. The molecule has 2 rings (SSSR count). The summed E-state index contributed by atoms with van der Waals surface area (Å²) < 4.78 is 0. The number of hydrogen-bond acceptors (Lipinski definition) is 2. The van der Waals surface area contributed by atoms with Crippen molar-refractivity contribution in [3.05, 3.63) is 0 Å². The summed E-state index contributed by atoms with van der Waals surface area (Å²) in [4.78, 5) is 2.67. The molecule has 2 nitrogen and oxygen atoms in total. The van der Waals surface area contributed by atoms with E-state index in [1.807, 2.05) is 0 Å². The van der Waals surface area contributed by atoms with Gasteiger partial charge in [0.1, 0.15) is 0 Å². The van der Waals surface area contributed by atoms with Crippen LogP contribution in [0.4, 0.5) is 0 Å². The zero-order valence-corrected chi connectivity index (χ0v) is 11.6. The molecule has 0 radical (unpaired) electrons. The molecular formula is C15H30N2. The molecule has 2 heteroatoms. The molecule has 1 saturated heterocycles. The Morgan fingerprint density at radius 3 is 2.41 bits per heavy atom. The van der Waals surface area contributed by atoms with Crippen LogP contribution in [0.2, 0.25) is 0 Å². The molecule has 1 N–H and O–H groups in total. The number of rotatable bonds is 3. The average Bonchev–Trinajstić information content (AvgIpc) is 2.72. The van der Waals surface area contributed by atoms with Crippen LogP contribution < -0.4 is 5.32 Å². The number of nitrogens with one attached hydrogen (secondary N) is 1. The smallest absolute Gasteiger partial charge is 0.0105 e. The number of nitrogens with zero attached hydrogens (tertiary/aromatic N) is 1. The van der Waals surface area contributed by atoms with Crippen molar-refractivity contribution in [1.82, 2.24) is 10.2 Å². The Morgan fingerprint density at radius 2 is 1.65 bits per heavy atom. The van der Waals surface area contributed by atoms with Crippen LogP contribution >= 0.6 is 0 Å². The fraction of sp³-hybridized carbons (Fsp3) is 1.00. The van der Waals surface area contributed by atoms with Gasteiger partial charge in [-0.25, -0.2) is 0 Å². The topological polar surface area (TPSA) is 15.3 Å². The summed E-state index contributed by atoms with van der Waals surface area (Å²) in [7, 11) is 2.36. The lowest BCUT2D eigenvalue weighted by Gasteiger charge is -2.30. The predicted octanol–water partition coefficient (Wildman–Crippen LogP) is 3.03. The molecule has 1 saturated carbocycles. The van der Waals surface area contributed by atoms with E-state index in [0.717, 1.165) is 12.0 Å². The molecule has 1 aliphatic carbocycles. The molecule has 0 aromatic heterocycles. The molecule has 0 bridgehead atoms. The van der Waals surface area contributed by atoms with Crippen LogP contribution in [0, 0.1) is 5.92 Å². The van der Waals surface area contributed by atoms with Gasteiger partial charge in [0.15, 0.2) is 0 Å². The fourth-order valence-corrected chi connectivity index (χ4v) is 3.54. The Balaban J connectivity index is 1.75. The van der Waals surface area contributed by atoms with E-state index in [2.05, 4.69) is 17.3 Å². The van der Waals surface area contributed by atoms with Gasteiger partial charge in [0.2, 0.25) is 0 Å². The molecule has 1 aliphatic heterocycles. The van der Waals surface area contributed by atoms with Crippen LogP contribution in [0.15, 0.2) is 0 Å². The molecule has 2 aliphatic rings. The summed E-state index contributed by atoms with van der Waals surface area (Å²) in [5.41, 5.74) is 0. The standard InChI is InChI=1S/C15H30N2/c1-17(15-9-6-11-16-12-10-15)13-14-7-4-2-3-5-8-14/h14-16H,2-13H2,1H3. The third kappa shape index (κ3) is 4.59. The van der Waals surface area contributed by atoms with Gasteiger partial charge in [0, 0.05) is 12.6 Å². The highest BCUT2D eigenvalue weighted by molar-refractivity contribution is 4.76. The summed E-state index contributed by atoms with van der Waals surface area (Å²) in [6, 6.07) is 0.841. The molecule has 17 heavy (non-hydrogen) atoms. The van der Waals surface area contributed by atoms with E-state index in [9.17, 15) is 0 Å². The highest BCUT2D eigenvalue weighted by atomic mass is 15.1. The maximum Gasteiger partial charge on any atom is 0.0105 e. The zero-order valence-electron chi connectivity index (χ0n) is 11.6. The third-order valence-electron chi connectivity index (χ3n) is 4.69. The second-order valence-corrected chi connectivity index (χ2v) is 6.13. The van der Waals surface area contributed by atoms with E-state index < -0.39 is 0 Å². The SMILES string of the molecule is CN(CC1CCCCCC1)C1CCCNCC1. The van der Waals surface area contributed by atoms with Crippen molar-refractivity contribution in [2.75, 3.05) is 26.7 Å². The van der Waals surface area contributed by atoms with Crippen LogP contribution in [0.1, 0.15) is 57.8 Å². The molecule has 0 aromatic carbocycles. The van der Waals surface area contributed by atoms with Crippen molar-refractivity contribution in [1.29, 1.82) is 0 Å². The van der Waals surface area contributed by atoms with Gasteiger partial charge in [0.25, 0.3) is 0 Å². The summed E-state index contributed by atoms with van der Waals surface area (Å²) in [6.07, 6.45) is 13.0. The van der Waals surface area contributed by atoms with Crippen LogP contribution in [0.5, 0.6) is 0 Å². The summed E-state index contributed by atoms with van der Waals surface area (Å²) in [6.45, 7) is 3.80. The molecule has 1 unspecified atom stereocenters. The van der Waals surface area contributed by atoms with Crippen molar-refractivity contribution >= 4 is 0 Å². The van der Waals surface area contributed by atoms with Gasteiger partial charge in [0.05, 0.1) is 0 Å².